The van der Waals surface area contributed by atoms with Gasteiger partial charge in [0.25, 0.3) is 0 Å². The molecule has 0 atom stereocenters. The van der Waals surface area contributed by atoms with Crippen molar-refractivity contribution in [2.45, 2.75) is 20.4 Å². The Labute approximate surface area is 95.8 Å². The van der Waals surface area contributed by atoms with Crippen LogP contribution in [0.3, 0.4) is 0 Å². The van der Waals surface area contributed by atoms with Crippen LogP contribution in [0.1, 0.15) is 22.4 Å². The predicted molar refractivity (Wildman–Crippen MR) is 64.2 cm³/mol. The Morgan fingerprint density at radius 3 is 2.44 bits per heavy atom. The molecule has 0 amide bonds. The number of hydrogen-bond acceptors (Lipinski definition) is 1. The number of hydrogen-bond donors (Lipinski definition) is 0. The average molecular weight is 210 g/mol. The molecule has 0 saturated heterocycles. The van der Waals surface area contributed by atoms with E-state index in [1.54, 1.807) is 0 Å². The van der Waals surface area contributed by atoms with Crippen LogP contribution in [0.4, 0.5) is 0 Å². The van der Waals surface area contributed by atoms with Crippen LogP contribution in [0.15, 0.2) is 36.5 Å². The third-order valence-electron chi connectivity index (χ3n) is 2.92. The van der Waals surface area contributed by atoms with Gasteiger partial charge in [-0.05, 0) is 42.7 Å². The van der Waals surface area contributed by atoms with Gasteiger partial charge < -0.3 is 4.57 Å². The number of rotatable bonds is 2. The fraction of sp³-hybridized carbons (Fsp3) is 0.214. The van der Waals surface area contributed by atoms with Gasteiger partial charge in [-0.2, -0.15) is 5.26 Å². The number of benzene rings is 1. The summed E-state index contributed by atoms with van der Waals surface area (Å²) >= 11 is 0. The minimum Gasteiger partial charge on any atom is -0.335 e. The van der Waals surface area contributed by atoms with Crippen molar-refractivity contribution >= 4 is 0 Å². The van der Waals surface area contributed by atoms with Gasteiger partial charge in [0.15, 0.2) is 0 Å². The van der Waals surface area contributed by atoms with Gasteiger partial charge in [0.1, 0.15) is 11.8 Å². The van der Waals surface area contributed by atoms with Crippen molar-refractivity contribution in [2.75, 3.05) is 0 Å². The Morgan fingerprint density at radius 2 is 1.81 bits per heavy atom. The van der Waals surface area contributed by atoms with Crippen LogP contribution in [0, 0.1) is 25.2 Å². The number of nitriles is 1. The van der Waals surface area contributed by atoms with E-state index >= 15 is 0 Å². The summed E-state index contributed by atoms with van der Waals surface area (Å²) in [6.07, 6.45) is 1.95. The van der Waals surface area contributed by atoms with Crippen LogP contribution in [0.2, 0.25) is 0 Å². The molecule has 0 fully saturated rings. The molecule has 1 aromatic heterocycles. The normalized spacial score (nSPS) is 10.1. The number of aryl methyl sites for hydroxylation is 2. The zero-order valence-electron chi connectivity index (χ0n) is 9.57. The lowest BCUT2D eigenvalue weighted by atomic mass is 10.0. The van der Waals surface area contributed by atoms with Gasteiger partial charge in [0, 0.05) is 12.7 Å². The summed E-state index contributed by atoms with van der Waals surface area (Å²) < 4.78 is 1.98. The second kappa shape index (κ2) is 4.24. The summed E-state index contributed by atoms with van der Waals surface area (Å²) in [5.74, 6) is 0. The summed E-state index contributed by atoms with van der Waals surface area (Å²) in [6, 6.07) is 12.2. The first kappa shape index (κ1) is 10.5. The Balaban J connectivity index is 2.38. The van der Waals surface area contributed by atoms with Crippen LogP contribution in [0.25, 0.3) is 0 Å². The molecule has 0 saturated carbocycles. The van der Waals surface area contributed by atoms with Gasteiger partial charge in [-0.1, -0.05) is 18.2 Å². The predicted octanol–water partition coefficient (Wildman–Crippen LogP) is 3.02. The van der Waals surface area contributed by atoms with Gasteiger partial charge in [-0.25, -0.2) is 0 Å². The molecule has 2 aromatic rings. The zero-order chi connectivity index (χ0) is 11.5. The van der Waals surface area contributed by atoms with Crippen LogP contribution in [-0.2, 0) is 6.54 Å². The SMILES string of the molecule is Cc1cccc(C)c1Cn1cccc1C#N. The van der Waals surface area contributed by atoms with E-state index in [9.17, 15) is 0 Å². The third kappa shape index (κ3) is 1.85. The highest BCUT2D eigenvalue weighted by Gasteiger charge is 2.05. The second-order valence-electron chi connectivity index (χ2n) is 4.00. The van der Waals surface area contributed by atoms with Crippen molar-refractivity contribution < 1.29 is 0 Å². The molecule has 1 heterocycles. The summed E-state index contributed by atoms with van der Waals surface area (Å²) in [6.45, 7) is 4.99. The molecule has 0 aliphatic heterocycles. The molecule has 1 aromatic carbocycles. The largest absolute Gasteiger partial charge is 0.335 e. The summed E-state index contributed by atoms with van der Waals surface area (Å²) in [7, 11) is 0. The molecule has 2 rings (SSSR count). The quantitative estimate of drug-likeness (QED) is 0.749. The number of nitrogens with zero attached hydrogens (tertiary/aromatic N) is 2. The first-order chi connectivity index (χ1) is 7.72. The second-order valence-corrected chi connectivity index (χ2v) is 4.00. The van der Waals surface area contributed by atoms with Crippen LogP contribution in [0.5, 0.6) is 0 Å². The average Bonchev–Trinajstić information content (AvgIpc) is 2.71. The molecule has 0 bridgehead atoms. The van der Waals surface area contributed by atoms with E-state index < -0.39 is 0 Å². The Morgan fingerprint density at radius 1 is 1.12 bits per heavy atom. The maximum absolute atomic E-state index is 8.95. The number of aromatic nitrogens is 1. The van der Waals surface area contributed by atoms with E-state index in [4.69, 9.17) is 5.26 Å². The van der Waals surface area contributed by atoms with Crippen molar-refractivity contribution in [1.82, 2.24) is 4.57 Å². The lowest BCUT2D eigenvalue weighted by molar-refractivity contribution is 0.783. The van der Waals surface area contributed by atoms with Crippen molar-refractivity contribution in [3.05, 3.63) is 58.9 Å². The molecule has 80 valence electrons. The highest BCUT2D eigenvalue weighted by atomic mass is 15.0. The third-order valence-corrected chi connectivity index (χ3v) is 2.92. The maximum atomic E-state index is 8.95. The Bertz CT molecular complexity index is 524. The minimum atomic E-state index is 0.711. The molecule has 0 aliphatic carbocycles. The van der Waals surface area contributed by atoms with Crippen molar-refractivity contribution in [3.63, 3.8) is 0 Å². The minimum absolute atomic E-state index is 0.711. The standard InChI is InChI=1S/C14H14N2/c1-11-5-3-6-12(2)14(11)10-16-8-4-7-13(16)9-15/h3-8H,10H2,1-2H3. The van der Waals surface area contributed by atoms with E-state index in [0.717, 1.165) is 6.54 Å². The van der Waals surface area contributed by atoms with Crippen molar-refractivity contribution in [1.29, 1.82) is 5.26 Å². The van der Waals surface area contributed by atoms with E-state index in [-0.39, 0.29) is 0 Å². The smallest absolute Gasteiger partial charge is 0.120 e. The molecule has 0 N–H and O–H groups in total. The topological polar surface area (TPSA) is 28.7 Å². The molecule has 0 radical (unpaired) electrons. The molecular weight excluding hydrogens is 196 g/mol. The monoisotopic (exact) mass is 210 g/mol. The van der Waals surface area contributed by atoms with E-state index in [1.165, 1.54) is 16.7 Å². The van der Waals surface area contributed by atoms with E-state index in [0.29, 0.717) is 5.69 Å². The maximum Gasteiger partial charge on any atom is 0.120 e. The molecule has 0 unspecified atom stereocenters. The lowest BCUT2D eigenvalue weighted by Crippen LogP contribution is -2.04. The van der Waals surface area contributed by atoms with Gasteiger partial charge in [0.2, 0.25) is 0 Å². The Kier molecular flexibility index (Phi) is 2.78. The fourth-order valence-corrected chi connectivity index (χ4v) is 1.92. The zero-order valence-corrected chi connectivity index (χ0v) is 9.57. The van der Waals surface area contributed by atoms with Crippen molar-refractivity contribution in [3.8, 4) is 6.07 Å². The fourth-order valence-electron chi connectivity index (χ4n) is 1.92. The van der Waals surface area contributed by atoms with Crippen molar-refractivity contribution in [2.24, 2.45) is 0 Å². The molecule has 0 aliphatic rings. The summed E-state index contributed by atoms with van der Waals surface area (Å²) in [5, 5.41) is 8.95. The van der Waals surface area contributed by atoms with Crippen LogP contribution < -0.4 is 0 Å². The van der Waals surface area contributed by atoms with Crippen LogP contribution in [-0.4, -0.2) is 4.57 Å². The molecular formula is C14H14N2. The lowest BCUT2D eigenvalue weighted by Gasteiger charge is -2.11. The van der Waals surface area contributed by atoms with Gasteiger partial charge in [-0.15, -0.1) is 0 Å². The van der Waals surface area contributed by atoms with Gasteiger partial charge in [0.05, 0.1) is 0 Å². The molecule has 2 nitrogen and oxygen atoms in total. The highest BCUT2D eigenvalue weighted by Crippen LogP contribution is 2.16. The summed E-state index contributed by atoms with van der Waals surface area (Å²) in [4.78, 5) is 0. The van der Waals surface area contributed by atoms with Crippen LogP contribution >= 0.6 is 0 Å². The van der Waals surface area contributed by atoms with E-state index in [1.807, 2.05) is 22.9 Å². The molecule has 2 heteroatoms. The van der Waals surface area contributed by atoms with E-state index in [2.05, 4.69) is 38.1 Å². The Hall–Kier alpha value is -2.01. The summed E-state index contributed by atoms with van der Waals surface area (Å²) in [5.41, 5.74) is 4.56. The van der Waals surface area contributed by atoms with Gasteiger partial charge in [-0.3, -0.25) is 0 Å². The van der Waals surface area contributed by atoms with Gasteiger partial charge >= 0.3 is 0 Å². The molecule has 16 heavy (non-hydrogen) atoms. The molecule has 0 spiro atoms. The first-order valence-electron chi connectivity index (χ1n) is 5.32. The highest BCUT2D eigenvalue weighted by molar-refractivity contribution is 5.35. The first-order valence-corrected chi connectivity index (χ1v) is 5.32.